The van der Waals surface area contributed by atoms with E-state index in [4.69, 9.17) is 5.73 Å². The van der Waals surface area contributed by atoms with Gasteiger partial charge in [-0.3, -0.25) is 5.10 Å². The molecule has 1 aromatic heterocycles. The van der Waals surface area contributed by atoms with Gasteiger partial charge >= 0.3 is 0 Å². The molecule has 1 heterocycles. The number of rotatable bonds is 2. The topological polar surface area (TPSA) is 54.7 Å². The fraction of sp³-hybridized carbons (Fsp3) is 0.188. The molecule has 20 heavy (non-hydrogen) atoms. The zero-order chi connectivity index (χ0) is 13.5. The number of hydrogen-bond acceptors (Lipinski definition) is 3. The van der Waals surface area contributed by atoms with Crippen LogP contribution in [0.15, 0.2) is 46.3 Å². The van der Waals surface area contributed by atoms with Gasteiger partial charge in [-0.1, -0.05) is 17.8 Å². The quantitative estimate of drug-likeness (QED) is 0.703. The third-order valence-corrected chi connectivity index (χ3v) is 4.93. The third-order valence-electron chi connectivity index (χ3n) is 3.87. The van der Waals surface area contributed by atoms with Crippen molar-refractivity contribution in [2.75, 3.05) is 5.73 Å². The molecule has 4 heteroatoms. The summed E-state index contributed by atoms with van der Waals surface area (Å²) >= 11 is 1.73. The fourth-order valence-electron chi connectivity index (χ4n) is 2.82. The number of hydrogen-bond donors (Lipinski definition) is 2. The molecule has 0 atom stereocenters. The Morgan fingerprint density at radius 1 is 1.10 bits per heavy atom. The fourth-order valence-corrected chi connectivity index (χ4v) is 3.76. The molecule has 0 unspecified atom stereocenters. The highest BCUT2D eigenvalue weighted by Gasteiger charge is 2.12. The smallest absolute Gasteiger partial charge is 0.0663 e. The van der Waals surface area contributed by atoms with E-state index < -0.39 is 0 Å². The van der Waals surface area contributed by atoms with Crippen LogP contribution in [0.4, 0.5) is 5.69 Å². The standard InChI is InChI=1S/C16H15N3S/c17-14-7-12-9-18-19-15(12)8-16(14)20-13-5-4-10-2-1-3-11(10)6-13/h4-9H,1-3,17H2,(H,18,19). The van der Waals surface area contributed by atoms with Gasteiger partial charge in [-0.15, -0.1) is 0 Å². The molecule has 0 bridgehead atoms. The van der Waals surface area contributed by atoms with Gasteiger partial charge < -0.3 is 5.73 Å². The van der Waals surface area contributed by atoms with Crippen molar-refractivity contribution in [2.24, 2.45) is 0 Å². The average Bonchev–Trinajstić information content (AvgIpc) is 3.06. The molecule has 3 N–H and O–H groups in total. The van der Waals surface area contributed by atoms with E-state index in [9.17, 15) is 0 Å². The number of aromatic amines is 1. The first kappa shape index (κ1) is 11.9. The van der Waals surface area contributed by atoms with Crippen LogP contribution in [-0.4, -0.2) is 10.2 Å². The zero-order valence-corrected chi connectivity index (χ0v) is 11.8. The minimum Gasteiger partial charge on any atom is -0.398 e. The number of nitrogen functional groups attached to an aromatic ring is 1. The van der Waals surface area contributed by atoms with Gasteiger partial charge in [0.15, 0.2) is 0 Å². The van der Waals surface area contributed by atoms with Crippen LogP contribution >= 0.6 is 11.8 Å². The highest BCUT2D eigenvalue weighted by molar-refractivity contribution is 7.99. The van der Waals surface area contributed by atoms with Crippen LogP contribution in [0.3, 0.4) is 0 Å². The molecule has 1 aliphatic rings. The van der Waals surface area contributed by atoms with E-state index in [1.807, 2.05) is 6.07 Å². The van der Waals surface area contributed by atoms with Crippen molar-refractivity contribution in [1.82, 2.24) is 10.2 Å². The van der Waals surface area contributed by atoms with Crippen molar-refractivity contribution in [3.63, 3.8) is 0 Å². The van der Waals surface area contributed by atoms with Crippen molar-refractivity contribution < 1.29 is 0 Å². The Kier molecular flexibility index (Phi) is 2.70. The van der Waals surface area contributed by atoms with Gasteiger partial charge in [-0.2, -0.15) is 5.10 Å². The molecule has 1 aliphatic carbocycles. The number of benzene rings is 2. The normalized spacial score (nSPS) is 13.8. The number of aryl methyl sites for hydroxylation is 2. The van der Waals surface area contributed by atoms with Crippen LogP contribution in [0.5, 0.6) is 0 Å². The van der Waals surface area contributed by atoms with Gasteiger partial charge in [0.25, 0.3) is 0 Å². The van der Waals surface area contributed by atoms with Gasteiger partial charge in [0, 0.05) is 20.9 Å². The number of anilines is 1. The van der Waals surface area contributed by atoms with E-state index in [0.29, 0.717) is 0 Å². The average molecular weight is 281 g/mol. The van der Waals surface area contributed by atoms with Crippen molar-refractivity contribution in [3.05, 3.63) is 47.7 Å². The summed E-state index contributed by atoms with van der Waals surface area (Å²) in [5.41, 5.74) is 11.0. The Bertz CT molecular complexity index is 792. The first-order valence-corrected chi connectivity index (χ1v) is 7.63. The van der Waals surface area contributed by atoms with E-state index in [1.54, 1.807) is 18.0 Å². The summed E-state index contributed by atoms with van der Waals surface area (Å²) in [4.78, 5) is 2.34. The summed E-state index contributed by atoms with van der Waals surface area (Å²) in [5, 5.41) is 8.10. The van der Waals surface area contributed by atoms with Gasteiger partial charge in [-0.05, 0) is 54.7 Å². The minimum atomic E-state index is 0.810. The second-order valence-electron chi connectivity index (χ2n) is 5.23. The molecule has 100 valence electrons. The molecule has 4 rings (SSSR count). The number of fused-ring (bicyclic) bond motifs is 2. The predicted octanol–water partition coefficient (Wildman–Crippen LogP) is 3.79. The van der Waals surface area contributed by atoms with Crippen LogP contribution < -0.4 is 5.73 Å². The van der Waals surface area contributed by atoms with Gasteiger partial charge in [0.2, 0.25) is 0 Å². The number of aromatic nitrogens is 2. The van der Waals surface area contributed by atoms with Gasteiger partial charge in [0.1, 0.15) is 0 Å². The maximum Gasteiger partial charge on any atom is 0.0663 e. The second kappa shape index (κ2) is 4.56. The van der Waals surface area contributed by atoms with Gasteiger partial charge in [0.05, 0.1) is 11.7 Å². The van der Waals surface area contributed by atoms with E-state index in [2.05, 4.69) is 34.5 Å². The molecule has 0 fully saturated rings. The lowest BCUT2D eigenvalue weighted by Crippen LogP contribution is -1.89. The molecule has 0 aliphatic heterocycles. The first-order valence-electron chi connectivity index (χ1n) is 6.82. The summed E-state index contributed by atoms with van der Waals surface area (Å²) < 4.78 is 0. The van der Waals surface area contributed by atoms with Crippen LogP contribution in [0.2, 0.25) is 0 Å². The summed E-state index contributed by atoms with van der Waals surface area (Å²) in [6.07, 6.45) is 5.52. The van der Waals surface area contributed by atoms with Crippen molar-refractivity contribution in [3.8, 4) is 0 Å². The van der Waals surface area contributed by atoms with Crippen molar-refractivity contribution >= 4 is 28.4 Å². The van der Waals surface area contributed by atoms with Crippen LogP contribution in [0.25, 0.3) is 10.9 Å². The van der Waals surface area contributed by atoms with Crippen molar-refractivity contribution in [2.45, 2.75) is 29.1 Å². The second-order valence-corrected chi connectivity index (χ2v) is 6.35. The highest BCUT2D eigenvalue weighted by atomic mass is 32.2. The van der Waals surface area contributed by atoms with Crippen molar-refractivity contribution in [1.29, 1.82) is 0 Å². The molecule has 0 amide bonds. The maximum absolute atomic E-state index is 6.14. The largest absolute Gasteiger partial charge is 0.398 e. The molecular formula is C16H15N3S. The molecule has 0 saturated carbocycles. The van der Waals surface area contributed by atoms with Crippen LogP contribution in [-0.2, 0) is 12.8 Å². The summed E-state index contributed by atoms with van der Waals surface area (Å²) in [5.74, 6) is 0. The molecule has 0 spiro atoms. The third kappa shape index (κ3) is 1.96. The molecule has 0 saturated heterocycles. The number of nitrogens with two attached hydrogens (primary N) is 1. The van der Waals surface area contributed by atoms with E-state index in [0.717, 1.165) is 21.5 Å². The molecule has 2 aromatic carbocycles. The Hall–Kier alpha value is -1.94. The molecule has 0 radical (unpaired) electrons. The highest BCUT2D eigenvalue weighted by Crippen LogP contribution is 2.36. The minimum absolute atomic E-state index is 0.810. The van der Waals surface area contributed by atoms with E-state index >= 15 is 0 Å². The number of nitrogens with zero attached hydrogens (tertiary/aromatic N) is 1. The lowest BCUT2D eigenvalue weighted by Gasteiger charge is -2.07. The monoisotopic (exact) mass is 281 g/mol. The first-order chi connectivity index (χ1) is 9.79. The Balaban J connectivity index is 1.71. The van der Waals surface area contributed by atoms with Crippen LogP contribution in [0.1, 0.15) is 17.5 Å². The lowest BCUT2D eigenvalue weighted by atomic mass is 10.1. The summed E-state index contributed by atoms with van der Waals surface area (Å²) in [6.45, 7) is 0. The SMILES string of the molecule is Nc1cc2cn[nH]c2cc1Sc1ccc2c(c1)CCC2. The molecule has 3 nitrogen and oxygen atoms in total. The van der Waals surface area contributed by atoms with E-state index in [1.165, 1.54) is 35.3 Å². The predicted molar refractivity (Wildman–Crippen MR) is 83.1 cm³/mol. The Labute approximate surface area is 121 Å². The molecule has 3 aromatic rings. The Morgan fingerprint density at radius 3 is 2.95 bits per heavy atom. The van der Waals surface area contributed by atoms with Gasteiger partial charge in [-0.25, -0.2) is 0 Å². The summed E-state index contributed by atoms with van der Waals surface area (Å²) in [7, 11) is 0. The maximum atomic E-state index is 6.14. The Morgan fingerprint density at radius 2 is 2.00 bits per heavy atom. The number of nitrogens with one attached hydrogen (secondary N) is 1. The van der Waals surface area contributed by atoms with Crippen LogP contribution in [0, 0.1) is 0 Å². The zero-order valence-electron chi connectivity index (χ0n) is 11.0. The lowest BCUT2D eigenvalue weighted by molar-refractivity contribution is 0.911. The molecular weight excluding hydrogens is 266 g/mol. The summed E-state index contributed by atoms with van der Waals surface area (Å²) in [6, 6.07) is 10.8. The van der Waals surface area contributed by atoms with E-state index in [-0.39, 0.29) is 0 Å². The number of H-pyrrole nitrogens is 1.